The molecule has 0 radical (unpaired) electrons. The van der Waals surface area contributed by atoms with Gasteiger partial charge in [0.15, 0.2) is 0 Å². The minimum absolute atomic E-state index is 0.523. The molecule has 2 nitrogen and oxygen atoms in total. The van der Waals surface area contributed by atoms with E-state index in [2.05, 4.69) is 38.2 Å². The smallest absolute Gasteiger partial charge is 0.0343 e. The monoisotopic (exact) mass is 232 g/mol. The van der Waals surface area contributed by atoms with Gasteiger partial charge < -0.3 is 11.1 Å². The molecule has 0 aromatic heterocycles. The lowest BCUT2D eigenvalue weighted by molar-refractivity contribution is 0.364. The molecular weight excluding hydrogens is 208 g/mol. The van der Waals surface area contributed by atoms with Gasteiger partial charge in [-0.1, -0.05) is 26.0 Å². The van der Waals surface area contributed by atoms with Crippen LogP contribution in [0.15, 0.2) is 18.2 Å². The first-order valence-corrected chi connectivity index (χ1v) is 6.55. The van der Waals surface area contributed by atoms with Gasteiger partial charge >= 0.3 is 0 Å². The molecule has 2 rings (SSSR count). The summed E-state index contributed by atoms with van der Waals surface area (Å²) in [6.07, 6.45) is 3.94. The zero-order chi connectivity index (χ0) is 12.5. The van der Waals surface area contributed by atoms with Gasteiger partial charge in [-0.3, -0.25) is 0 Å². The molecule has 1 aromatic carbocycles. The molecule has 1 aromatic rings. The second kappa shape index (κ2) is 4.69. The summed E-state index contributed by atoms with van der Waals surface area (Å²) in [5.41, 5.74) is 9.74. The molecule has 17 heavy (non-hydrogen) atoms. The van der Waals surface area contributed by atoms with Crippen molar-refractivity contribution in [2.75, 3.05) is 5.73 Å². The molecule has 1 fully saturated rings. The highest BCUT2D eigenvalue weighted by atomic mass is 14.9. The topological polar surface area (TPSA) is 38.0 Å². The highest BCUT2D eigenvalue weighted by Gasteiger charge is 2.30. The van der Waals surface area contributed by atoms with Crippen LogP contribution in [0.4, 0.5) is 5.69 Å². The van der Waals surface area contributed by atoms with Gasteiger partial charge in [-0.25, -0.2) is 0 Å². The molecule has 2 heteroatoms. The third-order valence-corrected chi connectivity index (χ3v) is 3.90. The van der Waals surface area contributed by atoms with Crippen molar-refractivity contribution in [2.24, 2.45) is 5.41 Å². The Bertz CT molecular complexity index is 396. The van der Waals surface area contributed by atoms with Crippen LogP contribution in [0.3, 0.4) is 0 Å². The number of rotatable bonds is 3. The van der Waals surface area contributed by atoms with Crippen molar-refractivity contribution in [2.45, 2.75) is 52.6 Å². The maximum atomic E-state index is 5.82. The Morgan fingerprint density at radius 1 is 1.41 bits per heavy atom. The van der Waals surface area contributed by atoms with Crippen molar-refractivity contribution >= 4 is 5.69 Å². The second-order valence-corrected chi connectivity index (χ2v) is 6.18. The predicted octanol–water partition coefficient (Wildman–Crippen LogP) is 3.25. The number of aryl methyl sites for hydroxylation is 1. The van der Waals surface area contributed by atoms with Crippen molar-refractivity contribution in [1.29, 1.82) is 0 Å². The lowest BCUT2D eigenvalue weighted by atomic mass is 9.92. The van der Waals surface area contributed by atoms with E-state index in [-0.39, 0.29) is 0 Å². The number of anilines is 1. The van der Waals surface area contributed by atoms with E-state index in [1.807, 2.05) is 6.07 Å². The standard InChI is InChI=1S/C15H24N2/c1-11-8-12(4-5-14(11)16)10-17-13-6-7-15(2,3)9-13/h4-5,8,13,17H,6-7,9-10,16H2,1-3H3. The van der Waals surface area contributed by atoms with Crippen molar-refractivity contribution in [3.8, 4) is 0 Å². The molecule has 0 aliphatic heterocycles. The quantitative estimate of drug-likeness (QED) is 0.785. The molecule has 0 amide bonds. The summed E-state index contributed by atoms with van der Waals surface area (Å²) < 4.78 is 0. The Kier molecular flexibility index (Phi) is 3.43. The molecule has 0 bridgehead atoms. The molecule has 1 aliphatic rings. The Balaban J connectivity index is 1.88. The lowest BCUT2D eigenvalue weighted by Crippen LogP contribution is -2.26. The predicted molar refractivity (Wildman–Crippen MR) is 73.9 cm³/mol. The normalized spacial score (nSPS) is 22.9. The maximum absolute atomic E-state index is 5.82. The van der Waals surface area contributed by atoms with Crippen molar-refractivity contribution in [3.05, 3.63) is 29.3 Å². The van der Waals surface area contributed by atoms with Crippen LogP contribution < -0.4 is 11.1 Å². The van der Waals surface area contributed by atoms with Crippen LogP contribution >= 0.6 is 0 Å². The number of hydrogen-bond donors (Lipinski definition) is 2. The van der Waals surface area contributed by atoms with Crippen LogP contribution in [-0.2, 0) is 6.54 Å². The van der Waals surface area contributed by atoms with E-state index in [9.17, 15) is 0 Å². The molecular formula is C15H24N2. The Labute approximate surface area is 105 Å². The van der Waals surface area contributed by atoms with Gasteiger partial charge in [-0.05, 0) is 48.8 Å². The van der Waals surface area contributed by atoms with Gasteiger partial charge in [0, 0.05) is 18.3 Å². The van der Waals surface area contributed by atoms with E-state index in [4.69, 9.17) is 5.73 Å². The van der Waals surface area contributed by atoms with Gasteiger partial charge in [0.1, 0.15) is 0 Å². The zero-order valence-electron chi connectivity index (χ0n) is 11.2. The van der Waals surface area contributed by atoms with E-state index in [0.717, 1.165) is 12.2 Å². The molecule has 0 heterocycles. The molecule has 94 valence electrons. The minimum atomic E-state index is 0.523. The second-order valence-electron chi connectivity index (χ2n) is 6.18. The number of benzene rings is 1. The molecule has 1 unspecified atom stereocenters. The van der Waals surface area contributed by atoms with E-state index in [1.165, 1.54) is 30.4 Å². The molecule has 3 N–H and O–H groups in total. The third kappa shape index (κ3) is 3.22. The van der Waals surface area contributed by atoms with Gasteiger partial charge in [0.25, 0.3) is 0 Å². The fourth-order valence-corrected chi connectivity index (χ4v) is 2.72. The summed E-state index contributed by atoms with van der Waals surface area (Å²) >= 11 is 0. The molecule has 1 saturated carbocycles. The maximum Gasteiger partial charge on any atom is 0.0343 e. The van der Waals surface area contributed by atoms with Crippen molar-refractivity contribution in [3.63, 3.8) is 0 Å². The van der Waals surface area contributed by atoms with Gasteiger partial charge in [0.2, 0.25) is 0 Å². The summed E-state index contributed by atoms with van der Waals surface area (Å²) in [4.78, 5) is 0. The largest absolute Gasteiger partial charge is 0.399 e. The van der Waals surface area contributed by atoms with Crippen LogP contribution in [0.2, 0.25) is 0 Å². The van der Waals surface area contributed by atoms with Crippen LogP contribution in [0, 0.1) is 12.3 Å². The Morgan fingerprint density at radius 3 is 2.76 bits per heavy atom. The summed E-state index contributed by atoms with van der Waals surface area (Å²) in [6, 6.07) is 6.99. The third-order valence-electron chi connectivity index (χ3n) is 3.90. The summed E-state index contributed by atoms with van der Waals surface area (Å²) in [5.74, 6) is 0. The highest BCUT2D eigenvalue weighted by molar-refractivity contribution is 5.47. The summed E-state index contributed by atoms with van der Waals surface area (Å²) in [5, 5.41) is 3.66. The van der Waals surface area contributed by atoms with Gasteiger partial charge in [0.05, 0.1) is 0 Å². The number of nitrogens with two attached hydrogens (primary N) is 1. The van der Waals surface area contributed by atoms with Crippen LogP contribution in [0.1, 0.15) is 44.2 Å². The average Bonchev–Trinajstić information content (AvgIpc) is 2.60. The van der Waals surface area contributed by atoms with Crippen LogP contribution in [0.25, 0.3) is 0 Å². The summed E-state index contributed by atoms with van der Waals surface area (Å²) in [6.45, 7) is 7.75. The van der Waals surface area contributed by atoms with Gasteiger partial charge in [-0.15, -0.1) is 0 Å². The fourth-order valence-electron chi connectivity index (χ4n) is 2.72. The fraction of sp³-hybridized carbons (Fsp3) is 0.600. The molecule has 0 saturated heterocycles. The first-order valence-electron chi connectivity index (χ1n) is 6.55. The Morgan fingerprint density at radius 2 is 2.18 bits per heavy atom. The van der Waals surface area contributed by atoms with E-state index in [0.29, 0.717) is 11.5 Å². The van der Waals surface area contributed by atoms with Gasteiger partial charge in [-0.2, -0.15) is 0 Å². The lowest BCUT2D eigenvalue weighted by Gasteiger charge is -2.18. The van der Waals surface area contributed by atoms with Crippen LogP contribution in [0.5, 0.6) is 0 Å². The molecule has 1 aliphatic carbocycles. The van der Waals surface area contributed by atoms with E-state index < -0.39 is 0 Å². The SMILES string of the molecule is Cc1cc(CNC2CCC(C)(C)C2)ccc1N. The average molecular weight is 232 g/mol. The van der Waals surface area contributed by atoms with E-state index >= 15 is 0 Å². The minimum Gasteiger partial charge on any atom is -0.399 e. The molecule has 1 atom stereocenters. The van der Waals surface area contributed by atoms with Crippen molar-refractivity contribution in [1.82, 2.24) is 5.32 Å². The number of nitrogen functional groups attached to an aromatic ring is 1. The highest BCUT2D eigenvalue weighted by Crippen LogP contribution is 2.36. The summed E-state index contributed by atoms with van der Waals surface area (Å²) in [7, 11) is 0. The zero-order valence-corrected chi connectivity index (χ0v) is 11.2. The van der Waals surface area contributed by atoms with E-state index in [1.54, 1.807) is 0 Å². The van der Waals surface area contributed by atoms with Crippen LogP contribution in [-0.4, -0.2) is 6.04 Å². The van der Waals surface area contributed by atoms with Crippen molar-refractivity contribution < 1.29 is 0 Å². The first-order chi connectivity index (χ1) is 7.96. The molecule has 0 spiro atoms. The first kappa shape index (κ1) is 12.4. The number of nitrogens with one attached hydrogen (secondary N) is 1. The number of hydrogen-bond acceptors (Lipinski definition) is 2. The Hall–Kier alpha value is -1.02.